The third kappa shape index (κ3) is 4.91. The van der Waals surface area contributed by atoms with E-state index in [1.807, 2.05) is 30.3 Å². The molecule has 3 aromatic carbocycles. The summed E-state index contributed by atoms with van der Waals surface area (Å²) < 4.78 is 11.2. The first-order valence-electron chi connectivity index (χ1n) is 9.35. The third-order valence-electron chi connectivity index (χ3n) is 4.55. The lowest BCUT2D eigenvalue weighted by atomic mass is 10.0. The van der Waals surface area contributed by atoms with Crippen LogP contribution in [0.5, 0.6) is 11.5 Å². The normalized spacial score (nSPS) is 11.2. The molecule has 5 nitrogen and oxygen atoms in total. The van der Waals surface area contributed by atoms with Gasteiger partial charge in [-0.05, 0) is 35.4 Å². The number of para-hydroxylation sites is 2. The van der Waals surface area contributed by atoms with Gasteiger partial charge in [0.25, 0.3) is 0 Å². The number of alkyl halides is 1. The highest BCUT2D eigenvalue weighted by atomic mass is 35.5. The maximum atomic E-state index is 12.6. The Balaban J connectivity index is 1.85. The van der Waals surface area contributed by atoms with E-state index in [-0.39, 0.29) is 5.88 Å². The number of nitriles is 1. The summed E-state index contributed by atoms with van der Waals surface area (Å²) in [6, 6.07) is 25.4. The van der Waals surface area contributed by atoms with Crippen LogP contribution >= 0.6 is 11.6 Å². The van der Waals surface area contributed by atoms with E-state index in [2.05, 4.69) is 6.07 Å². The fourth-order valence-corrected chi connectivity index (χ4v) is 3.21. The molecule has 6 heteroatoms. The number of nitrogens with zero attached hydrogens (tertiary/aromatic N) is 2. The van der Waals surface area contributed by atoms with Crippen LogP contribution < -0.4 is 14.4 Å². The number of carbonyl (C=O) groups is 1. The highest BCUT2D eigenvalue weighted by molar-refractivity contribution is 6.29. The van der Waals surface area contributed by atoms with E-state index in [0.29, 0.717) is 29.4 Å². The molecule has 0 spiro atoms. The van der Waals surface area contributed by atoms with Gasteiger partial charge in [0.2, 0.25) is 5.91 Å². The van der Waals surface area contributed by atoms with Gasteiger partial charge in [-0.3, -0.25) is 9.69 Å². The van der Waals surface area contributed by atoms with Crippen molar-refractivity contribution in [2.75, 3.05) is 17.9 Å². The molecule has 0 bridgehead atoms. The van der Waals surface area contributed by atoms with Crippen molar-refractivity contribution >= 4 is 23.2 Å². The van der Waals surface area contributed by atoms with Gasteiger partial charge in [-0.15, -0.1) is 11.6 Å². The molecule has 1 amide bonds. The maximum absolute atomic E-state index is 12.6. The van der Waals surface area contributed by atoms with Gasteiger partial charge in [-0.1, -0.05) is 54.6 Å². The highest BCUT2D eigenvalue weighted by Crippen LogP contribution is 2.35. The van der Waals surface area contributed by atoms with E-state index >= 15 is 0 Å². The first-order valence-corrected chi connectivity index (χ1v) is 9.88. The van der Waals surface area contributed by atoms with Crippen molar-refractivity contribution in [2.24, 2.45) is 0 Å². The average molecular weight is 421 g/mol. The summed E-state index contributed by atoms with van der Waals surface area (Å²) in [4.78, 5) is 14.0. The Morgan fingerprint density at radius 1 is 1.03 bits per heavy atom. The third-order valence-corrected chi connectivity index (χ3v) is 4.78. The number of methoxy groups -OCH3 is 1. The molecule has 0 aliphatic carbocycles. The van der Waals surface area contributed by atoms with Gasteiger partial charge >= 0.3 is 0 Å². The van der Waals surface area contributed by atoms with E-state index in [1.54, 1.807) is 48.5 Å². The van der Waals surface area contributed by atoms with E-state index in [0.717, 1.165) is 5.56 Å². The van der Waals surface area contributed by atoms with Crippen molar-refractivity contribution in [1.29, 1.82) is 5.26 Å². The van der Waals surface area contributed by atoms with E-state index < -0.39 is 11.9 Å². The number of ether oxygens (including phenoxy) is 2. The summed E-state index contributed by atoms with van der Waals surface area (Å²) in [5, 5.41) is 9.88. The van der Waals surface area contributed by atoms with Crippen LogP contribution in [0.25, 0.3) is 0 Å². The fourth-order valence-electron chi connectivity index (χ4n) is 3.08. The Morgan fingerprint density at radius 3 is 2.33 bits per heavy atom. The molecule has 3 aromatic rings. The first kappa shape index (κ1) is 21.2. The minimum atomic E-state index is -0.865. The van der Waals surface area contributed by atoms with E-state index in [9.17, 15) is 10.1 Å². The zero-order valence-electron chi connectivity index (χ0n) is 16.5. The van der Waals surface area contributed by atoms with Crippen LogP contribution in [0.15, 0.2) is 78.9 Å². The second-order valence-corrected chi connectivity index (χ2v) is 6.71. The second-order valence-electron chi connectivity index (χ2n) is 6.44. The quantitative estimate of drug-likeness (QED) is 0.475. The predicted octanol–water partition coefficient (Wildman–Crippen LogP) is 5.11. The molecule has 0 radical (unpaired) electrons. The zero-order valence-corrected chi connectivity index (χ0v) is 17.3. The molecule has 0 aliphatic rings. The molecule has 1 atom stereocenters. The van der Waals surface area contributed by atoms with Crippen molar-refractivity contribution in [1.82, 2.24) is 0 Å². The average Bonchev–Trinajstić information content (AvgIpc) is 2.82. The van der Waals surface area contributed by atoms with Crippen LogP contribution in [0.1, 0.15) is 17.2 Å². The number of rotatable bonds is 8. The van der Waals surface area contributed by atoms with Crippen molar-refractivity contribution in [3.05, 3.63) is 90.0 Å². The lowest BCUT2D eigenvalue weighted by Gasteiger charge is -2.28. The maximum Gasteiger partial charge on any atom is 0.243 e. The number of amides is 1. The summed E-state index contributed by atoms with van der Waals surface area (Å²) >= 11 is 5.84. The molecule has 0 heterocycles. The molecule has 0 N–H and O–H groups in total. The number of hydrogen-bond donors (Lipinski definition) is 0. The standard InChI is InChI=1S/C24H21ClN2O3/c1-29-23-10-6-5-9-21(23)27(24(28)15-25)22(16-26)19-11-13-20(14-12-19)30-17-18-7-3-2-4-8-18/h2-14,22H,15,17H2,1H3/t22-/m1/s1. The van der Waals surface area contributed by atoms with Crippen molar-refractivity contribution in [3.63, 3.8) is 0 Å². The van der Waals surface area contributed by atoms with Gasteiger partial charge in [0.05, 0.1) is 18.9 Å². The van der Waals surface area contributed by atoms with Crippen LogP contribution in [0.2, 0.25) is 0 Å². The van der Waals surface area contributed by atoms with Gasteiger partial charge in [-0.2, -0.15) is 5.26 Å². The summed E-state index contributed by atoms with van der Waals surface area (Å²) in [5.41, 5.74) is 2.20. The molecule has 0 fully saturated rings. The molecule has 0 saturated heterocycles. The molecule has 0 aliphatic heterocycles. The molecule has 0 unspecified atom stereocenters. The topological polar surface area (TPSA) is 62.6 Å². The van der Waals surface area contributed by atoms with Crippen LogP contribution in [0.4, 0.5) is 5.69 Å². The van der Waals surface area contributed by atoms with Gasteiger partial charge in [-0.25, -0.2) is 0 Å². The SMILES string of the molecule is COc1ccccc1N(C(=O)CCl)[C@H](C#N)c1ccc(OCc2ccccc2)cc1. The zero-order chi connectivity index (χ0) is 21.3. The molecular formula is C24H21ClN2O3. The van der Waals surface area contributed by atoms with Gasteiger partial charge < -0.3 is 9.47 Å². The Hall–Kier alpha value is -3.49. The number of hydrogen-bond acceptors (Lipinski definition) is 4. The second kappa shape index (κ2) is 10.3. The molecule has 3 rings (SSSR count). The van der Waals surface area contributed by atoms with Crippen LogP contribution in [-0.4, -0.2) is 18.9 Å². The van der Waals surface area contributed by atoms with Gasteiger partial charge in [0.1, 0.15) is 30.0 Å². The Kier molecular flexibility index (Phi) is 7.31. The van der Waals surface area contributed by atoms with E-state index in [4.69, 9.17) is 21.1 Å². The van der Waals surface area contributed by atoms with Gasteiger partial charge in [0.15, 0.2) is 0 Å². The summed E-state index contributed by atoms with van der Waals surface area (Å²) in [6.45, 7) is 0.444. The predicted molar refractivity (Wildman–Crippen MR) is 117 cm³/mol. The molecule has 152 valence electrons. The lowest BCUT2D eigenvalue weighted by Crippen LogP contribution is -2.35. The monoisotopic (exact) mass is 420 g/mol. The van der Waals surface area contributed by atoms with Crippen molar-refractivity contribution < 1.29 is 14.3 Å². The number of halogens is 1. The van der Waals surface area contributed by atoms with Crippen LogP contribution in [0, 0.1) is 11.3 Å². The smallest absolute Gasteiger partial charge is 0.243 e. The molecular weight excluding hydrogens is 400 g/mol. The number of benzene rings is 3. The fraction of sp³-hybridized carbons (Fsp3) is 0.167. The van der Waals surface area contributed by atoms with Crippen LogP contribution in [0.3, 0.4) is 0 Å². The molecule has 0 aromatic heterocycles. The van der Waals surface area contributed by atoms with Gasteiger partial charge in [0, 0.05) is 0 Å². The Morgan fingerprint density at radius 2 is 1.70 bits per heavy atom. The van der Waals surface area contributed by atoms with E-state index in [1.165, 1.54) is 12.0 Å². The number of carbonyl (C=O) groups excluding carboxylic acids is 1. The summed E-state index contributed by atoms with van der Waals surface area (Å²) in [7, 11) is 1.52. The summed E-state index contributed by atoms with van der Waals surface area (Å²) in [5.74, 6) is 0.511. The molecule has 30 heavy (non-hydrogen) atoms. The van der Waals surface area contributed by atoms with Crippen LogP contribution in [-0.2, 0) is 11.4 Å². The van der Waals surface area contributed by atoms with Crippen molar-refractivity contribution in [3.8, 4) is 17.6 Å². The minimum Gasteiger partial charge on any atom is -0.495 e. The Labute approximate surface area is 181 Å². The lowest BCUT2D eigenvalue weighted by molar-refractivity contribution is -0.116. The largest absolute Gasteiger partial charge is 0.495 e. The Bertz CT molecular complexity index is 1020. The number of anilines is 1. The first-order chi connectivity index (χ1) is 14.7. The minimum absolute atomic E-state index is 0.255. The highest BCUT2D eigenvalue weighted by Gasteiger charge is 2.28. The van der Waals surface area contributed by atoms with Crippen molar-refractivity contribution in [2.45, 2.75) is 12.6 Å². The molecule has 0 saturated carbocycles. The summed E-state index contributed by atoms with van der Waals surface area (Å²) in [6.07, 6.45) is 0.